The second kappa shape index (κ2) is 7.02. The minimum Gasteiger partial charge on any atom is -0.490 e. The van der Waals surface area contributed by atoms with E-state index in [2.05, 4.69) is 0 Å². The third-order valence-electron chi connectivity index (χ3n) is 2.44. The van der Waals surface area contributed by atoms with Crippen LogP contribution in [0.15, 0.2) is 48.5 Å². The normalized spacial score (nSPS) is 10.2. The first-order valence-electron chi connectivity index (χ1n) is 6.05. The lowest BCUT2D eigenvalue weighted by molar-refractivity contribution is 0.229. The topological polar surface area (TPSA) is 38.7 Å². The molecule has 0 saturated carbocycles. The number of aliphatic hydroxyl groups excluding tert-OH is 1. The van der Waals surface area contributed by atoms with Crippen molar-refractivity contribution in [2.45, 2.75) is 6.42 Å². The van der Waals surface area contributed by atoms with E-state index in [4.69, 9.17) is 26.2 Å². The van der Waals surface area contributed by atoms with Gasteiger partial charge in [-0.15, -0.1) is 0 Å². The van der Waals surface area contributed by atoms with Gasteiger partial charge in [-0.2, -0.15) is 0 Å². The van der Waals surface area contributed by atoms with Gasteiger partial charge in [-0.25, -0.2) is 0 Å². The van der Waals surface area contributed by atoms with Gasteiger partial charge >= 0.3 is 0 Å². The second-order valence-electron chi connectivity index (χ2n) is 3.93. The molecule has 0 aliphatic heterocycles. The van der Waals surface area contributed by atoms with Crippen molar-refractivity contribution < 1.29 is 14.6 Å². The molecule has 0 aliphatic rings. The predicted octanol–water partition coefficient (Wildman–Crippen LogP) is 3.89. The summed E-state index contributed by atoms with van der Waals surface area (Å²) in [5, 5.41) is 9.34. The second-order valence-corrected chi connectivity index (χ2v) is 4.37. The highest BCUT2D eigenvalue weighted by atomic mass is 35.5. The molecule has 0 radical (unpaired) electrons. The van der Waals surface area contributed by atoms with Gasteiger partial charge in [-0.1, -0.05) is 29.8 Å². The first kappa shape index (κ1) is 13.7. The average Bonchev–Trinajstić information content (AvgIpc) is 2.43. The van der Waals surface area contributed by atoms with Crippen LogP contribution in [0.1, 0.15) is 6.42 Å². The molecule has 0 saturated heterocycles. The summed E-state index contributed by atoms with van der Waals surface area (Å²) in [6.45, 7) is 0.533. The van der Waals surface area contributed by atoms with Crippen molar-refractivity contribution in [3.8, 4) is 17.2 Å². The van der Waals surface area contributed by atoms with Crippen LogP contribution in [0, 0.1) is 0 Å². The molecule has 100 valence electrons. The molecule has 4 heteroatoms. The van der Waals surface area contributed by atoms with Gasteiger partial charge in [0.15, 0.2) is 11.5 Å². The van der Waals surface area contributed by atoms with E-state index in [1.54, 1.807) is 18.2 Å². The molecule has 2 aromatic rings. The molecule has 0 spiro atoms. The Morgan fingerprint density at radius 2 is 1.79 bits per heavy atom. The maximum atomic E-state index is 8.76. The van der Waals surface area contributed by atoms with Gasteiger partial charge in [-0.3, -0.25) is 0 Å². The molecule has 2 rings (SSSR count). The van der Waals surface area contributed by atoms with E-state index in [0.29, 0.717) is 29.5 Å². The Hall–Kier alpha value is -1.71. The molecule has 0 atom stereocenters. The monoisotopic (exact) mass is 278 g/mol. The van der Waals surface area contributed by atoms with Gasteiger partial charge in [0, 0.05) is 24.1 Å². The summed E-state index contributed by atoms with van der Waals surface area (Å²) in [5.74, 6) is 1.90. The lowest BCUT2D eigenvalue weighted by Gasteiger charge is -2.12. The SMILES string of the molecule is OCCCOc1ccc(Cl)cc1Oc1ccccc1. The molecule has 3 nitrogen and oxygen atoms in total. The minimum atomic E-state index is 0.0997. The maximum absolute atomic E-state index is 8.76. The zero-order valence-electron chi connectivity index (χ0n) is 10.4. The Morgan fingerprint density at radius 3 is 2.53 bits per heavy atom. The van der Waals surface area contributed by atoms with Crippen LogP contribution in [-0.4, -0.2) is 18.3 Å². The van der Waals surface area contributed by atoms with Crippen molar-refractivity contribution in [2.75, 3.05) is 13.2 Å². The summed E-state index contributed by atoms with van der Waals surface area (Å²) in [4.78, 5) is 0. The van der Waals surface area contributed by atoms with Gasteiger partial charge in [-0.05, 0) is 24.3 Å². The summed E-state index contributed by atoms with van der Waals surface area (Å²) >= 11 is 5.97. The summed E-state index contributed by atoms with van der Waals surface area (Å²) in [7, 11) is 0. The van der Waals surface area contributed by atoms with Crippen molar-refractivity contribution in [1.29, 1.82) is 0 Å². The number of hydrogen-bond acceptors (Lipinski definition) is 3. The Morgan fingerprint density at radius 1 is 1.00 bits per heavy atom. The molecule has 0 aliphatic carbocycles. The van der Waals surface area contributed by atoms with Crippen LogP contribution < -0.4 is 9.47 Å². The predicted molar refractivity (Wildman–Crippen MR) is 75.2 cm³/mol. The molecule has 0 heterocycles. The molecule has 0 fully saturated rings. The number of benzene rings is 2. The van der Waals surface area contributed by atoms with E-state index in [-0.39, 0.29) is 6.61 Å². The molecule has 1 N–H and O–H groups in total. The number of rotatable bonds is 6. The molecule has 19 heavy (non-hydrogen) atoms. The summed E-state index contributed by atoms with van der Waals surface area (Å²) in [5.41, 5.74) is 0. The van der Waals surface area contributed by atoms with Crippen molar-refractivity contribution in [2.24, 2.45) is 0 Å². The van der Waals surface area contributed by atoms with Crippen molar-refractivity contribution in [3.05, 3.63) is 53.6 Å². The molecular weight excluding hydrogens is 264 g/mol. The van der Waals surface area contributed by atoms with Gasteiger partial charge in [0.2, 0.25) is 0 Å². The third kappa shape index (κ3) is 4.16. The van der Waals surface area contributed by atoms with Crippen molar-refractivity contribution >= 4 is 11.6 Å². The summed E-state index contributed by atoms with van der Waals surface area (Å²) < 4.78 is 11.3. The van der Waals surface area contributed by atoms with Gasteiger partial charge in [0.1, 0.15) is 5.75 Å². The standard InChI is InChI=1S/C15H15ClO3/c16-12-7-8-14(18-10-4-9-17)15(11-12)19-13-5-2-1-3-6-13/h1-3,5-8,11,17H,4,9-10H2. The molecule has 0 aromatic heterocycles. The lowest BCUT2D eigenvalue weighted by Crippen LogP contribution is -2.01. The fourth-order valence-corrected chi connectivity index (χ4v) is 1.71. The quantitative estimate of drug-likeness (QED) is 0.815. The number of aliphatic hydroxyl groups is 1. The fourth-order valence-electron chi connectivity index (χ4n) is 1.54. The Labute approximate surface area is 117 Å². The summed E-state index contributed by atoms with van der Waals surface area (Å²) in [6.07, 6.45) is 0.577. The molecule has 0 bridgehead atoms. The van der Waals surface area contributed by atoms with Crippen molar-refractivity contribution in [1.82, 2.24) is 0 Å². The van der Waals surface area contributed by atoms with Crippen LogP contribution in [0.4, 0.5) is 0 Å². The minimum absolute atomic E-state index is 0.0997. The number of halogens is 1. The first-order valence-corrected chi connectivity index (χ1v) is 6.43. The van der Waals surface area contributed by atoms with Crippen LogP contribution >= 0.6 is 11.6 Å². The fraction of sp³-hybridized carbons (Fsp3) is 0.200. The van der Waals surface area contributed by atoms with Crippen LogP contribution in [0.2, 0.25) is 5.02 Å². The molecule has 0 unspecified atom stereocenters. The molecule has 2 aromatic carbocycles. The van der Waals surface area contributed by atoms with E-state index in [1.165, 1.54) is 0 Å². The zero-order valence-corrected chi connectivity index (χ0v) is 11.1. The van der Waals surface area contributed by atoms with E-state index in [0.717, 1.165) is 5.75 Å². The largest absolute Gasteiger partial charge is 0.490 e. The highest BCUT2D eigenvalue weighted by molar-refractivity contribution is 6.30. The lowest BCUT2D eigenvalue weighted by atomic mass is 10.3. The highest BCUT2D eigenvalue weighted by Gasteiger charge is 2.07. The van der Waals surface area contributed by atoms with Crippen LogP contribution in [-0.2, 0) is 0 Å². The van der Waals surface area contributed by atoms with E-state index < -0.39 is 0 Å². The van der Waals surface area contributed by atoms with E-state index >= 15 is 0 Å². The number of hydrogen-bond donors (Lipinski definition) is 1. The van der Waals surface area contributed by atoms with Crippen LogP contribution in [0.3, 0.4) is 0 Å². The number of ether oxygens (including phenoxy) is 2. The van der Waals surface area contributed by atoms with E-state index in [9.17, 15) is 0 Å². The Kier molecular flexibility index (Phi) is 5.07. The zero-order chi connectivity index (χ0) is 13.5. The first-order chi connectivity index (χ1) is 9.29. The van der Waals surface area contributed by atoms with Crippen molar-refractivity contribution in [3.63, 3.8) is 0 Å². The van der Waals surface area contributed by atoms with Crippen LogP contribution in [0.5, 0.6) is 17.2 Å². The summed E-state index contributed by atoms with van der Waals surface area (Å²) in [6, 6.07) is 14.6. The Bertz CT molecular complexity index is 514. The molecular formula is C15H15ClO3. The Balaban J connectivity index is 2.15. The number of para-hydroxylation sites is 1. The third-order valence-corrected chi connectivity index (χ3v) is 2.67. The van der Waals surface area contributed by atoms with E-state index in [1.807, 2.05) is 30.3 Å². The highest BCUT2D eigenvalue weighted by Crippen LogP contribution is 2.34. The molecule has 0 amide bonds. The average molecular weight is 279 g/mol. The smallest absolute Gasteiger partial charge is 0.170 e. The maximum Gasteiger partial charge on any atom is 0.170 e. The van der Waals surface area contributed by atoms with Gasteiger partial charge < -0.3 is 14.6 Å². The van der Waals surface area contributed by atoms with Crippen LogP contribution in [0.25, 0.3) is 0 Å². The van der Waals surface area contributed by atoms with Gasteiger partial charge in [0.05, 0.1) is 6.61 Å². The van der Waals surface area contributed by atoms with Gasteiger partial charge in [0.25, 0.3) is 0 Å².